The van der Waals surface area contributed by atoms with Crippen LogP contribution in [0.5, 0.6) is 0 Å². The minimum atomic E-state index is 0.138. The SMILES string of the molecule is CNC(c1cnc(C)cn1)c1ccsc1C. The van der Waals surface area contributed by atoms with E-state index in [-0.39, 0.29) is 6.04 Å². The second kappa shape index (κ2) is 4.72. The van der Waals surface area contributed by atoms with E-state index in [1.54, 1.807) is 17.5 Å². The van der Waals surface area contributed by atoms with Crippen molar-refractivity contribution in [3.63, 3.8) is 0 Å². The van der Waals surface area contributed by atoms with E-state index in [4.69, 9.17) is 0 Å². The van der Waals surface area contributed by atoms with Crippen LogP contribution >= 0.6 is 11.3 Å². The maximum Gasteiger partial charge on any atom is 0.0802 e. The molecule has 0 aliphatic heterocycles. The summed E-state index contributed by atoms with van der Waals surface area (Å²) in [5, 5.41) is 5.39. The van der Waals surface area contributed by atoms with Gasteiger partial charge in [0.1, 0.15) is 0 Å². The van der Waals surface area contributed by atoms with Crippen LogP contribution in [0.25, 0.3) is 0 Å². The third kappa shape index (κ3) is 2.13. The normalized spacial score (nSPS) is 12.7. The number of rotatable bonds is 3. The lowest BCUT2D eigenvalue weighted by Gasteiger charge is -2.15. The number of hydrogen-bond donors (Lipinski definition) is 1. The van der Waals surface area contributed by atoms with Crippen LogP contribution in [0.3, 0.4) is 0 Å². The average molecular weight is 233 g/mol. The Labute approximate surface area is 99.6 Å². The molecule has 3 nitrogen and oxygen atoms in total. The third-order valence-electron chi connectivity index (χ3n) is 2.60. The van der Waals surface area contributed by atoms with Crippen LogP contribution in [0, 0.1) is 13.8 Å². The first-order valence-electron chi connectivity index (χ1n) is 5.22. The Morgan fingerprint density at radius 2 is 2.06 bits per heavy atom. The molecule has 0 aliphatic carbocycles. The Morgan fingerprint density at radius 1 is 1.25 bits per heavy atom. The van der Waals surface area contributed by atoms with Crippen molar-refractivity contribution in [3.8, 4) is 0 Å². The van der Waals surface area contributed by atoms with Crippen molar-refractivity contribution in [3.05, 3.63) is 45.7 Å². The largest absolute Gasteiger partial charge is 0.308 e. The lowest BCUT2D eigenvalue weighted by atomic mass is 10.1. The highest BCUT2D eigenvalue weighted by atomic mass is 32.1. The van der Waals surface area contributed by atoms with E-state index >= 15 is 0 Å². The molecule has 0 spiro atoms. The molecule has 84 valence electrons. The summed E-state index contributed by atoms with van der Waals surface area (Å²) in [5.74, 6) is 0. The Balaban J connectivity index is 2.37. The highest BCUT2D eigenvalue weighted by molar-refractivity contribution is 7.10. The van der Waals surface area contributed by atoms with Crippen LogP contribution in [0.1, 0.15) is 27.9 Å². The summed E-state index contributed by atoms with van der Waals surface area (Å²) in [6, 6.07) is 2.28. The fourth-order valence-corrected chi connectivity index (χ4v) is 2.45. The smallest absolute Gasteiger partial charge is 0.0802 e. The van der Waals surface area contributed by atoms with E-state index in [2.05, 4.69) is 33.7 Å². The summed E-state index contributed by atoms with van der Waals surface area (Å²) in [4.78, 5) is 10.0. The molecule has 1 unspecified atom stereocenters. The van der Waals surface area contributed by atoms with Crippen molar-refractivity contribution in [2.24, 2.45) is 0 Å². The van der Waals surface area contributed by atoms with Crippen LogP contribution in [0.4, 0.5) is 0 Å². The number of thiophene rings is 1. The molecule has 0 aliphatic rings. The molecular weight excluding hydrogens is 218 g/mol. The van der Waals surface area contributed by atoms with E-state index in [1.165, 1.54) is 10.4 Å². The van der Waals surface area contributed by atoms with Crippen LogP contribution in [0.2, 0.25) is 0 Å². The Kier molecular flexibility index (Phi) is 3.31. The van der Waals surface area contributed by atoms with Gasteiger partial charge in [-0.25, -0.2) is 0 Å². The number of hydrogen-bond acceptors (Lipinski definition) is 4. The Bertz CT molecular complexity index is 461. The molecule has 0 bridgehead atoms. The first-order chi connectivity index (χ1) is 7.72. The quantitative estimate of drug-likeness (QED) is 0.885. The minimum absolute atomic E-state index is 0.138. The van der Waals surface area contributed by atoms with Gasteiger partial charge >= 0.3 is 0 Å². The first kappa shape index (κ1) is 11.2. The van der Waals surface area contributed by atoms with Crippen LogP contribution in [0.15, 0.2) is 23.8 Å². The van der Waals surface area contributed by atoms with Crippen molar-refractivity contribution in [1.29, 1.82) is 0 Å². The summed E-state index contributed by atoms with van der Waals surface area (Å²) in [6.45, 7) is 4.08. The maximum absolute atomic E-state index is 4.43. The van der Waals surface area contributed by atoms with E-state index in [1.807, 2.05) is 20.2 Å². The summed E-state index contributed by atoms with van der Waals surface area (Å²) < 4.78 is 0. The standard InChI is InChI=1S/C12H15N3S/c1-8-6-15-11(7-14-8)12(13-3)10-4-5-16-9(10)2/h4-7,12-13H,1-3H3. The molecule has 4 heteroatoms. The van der Waals surface area contributed by atoms with Gasteiger partial charge in [-0.05, 0) is 37.9 Å². The monoisotopic (exact) mass is 233 g/mol. The van der Waals surface area contributed by atoms with Gasteiger partial charge < -0.3 is 5.32 Å². The van der Waals surface area contributed by atoms with Crippen LogP contribution < -0.4 is 5.32 Å². The zero-order chi connectivity index (χ0) is 11.5. The molecular formula is C12H15N3S. The average Bonchev–Trinajstić information content (AvgIpc) is 2.69. The van der Waals surface area contributed by atoms with Gasteiger partial charge in [-0.15, -0.1) is 11.3 Å². The summed E-state index contributed by atoms with van der Waals surface area (Å²) in [5.41, 5.74) is 3.20. The van der Waals surface area contributed by atoms with Gasteiger partial charge in [0, 0.05) is 11.1 Å². The van der Waals surface area contributed by atoms with E-state index in [0.717, 1.165) is 11.4 Å². The number of nitrogens with one attached hydrogen (secondary N) is 1. The Morgan fingerprint density at radius 3 is 2.56 bits per heavy atom. The van der Waals surface area contributed by atoms with Gasteiger partial charge in [-0.1, -0.05) is 0 Å². The Hall–Kier alpha value is -1.26. The number of aryl methyl sites for hydroxylation is 2. The zero-order valence-corrected chi connectivity index (χ0v) is 10.5. The van der Waals surface area contributed by atoms with Crippen molar-refractivity contribution in [1.82, 2.24) is 15.3 Å². The molecule has 1 N–H and O–H groups in total. The second-order valence-corrected chi connectivity index (χ2v) is 4.86. The topological polar surface area (TPSA) is 37.8 Å². The fraction of sp³-hybridized carbons (Fsp3) is 0.333. The molecule has 0 radical (unpaired) electrons. The van der Waals surface area contributed by atoms with Crippen molar-refractivity contribution < 1.29 is 0 Å². The maximum atomic E-state index is 4.43. The summed E-state index contributed by atoms with van der Waals surface area (Å²) in [6.07, 6.45) is 3.65. The van der Waals surface area contributed by atoms with Crippen LogP contribution in [-0.2, 0) is 0 Å². The fourth-order valence-electron chi connectivity index (χ4n) is 1.71. The molecule has 0 fully saturated rings. The van der Waals surface area contributed by atoms with Gasteiger partial charge in [0.25, 0.3) is 0 Å². The van der Waals surface area contributed by atoms with Crippen molar-refractivity contribution in [2.45, 2.75) is 19.9 Å². The molecule has 2 aromatic rings. The molecule has 1 atom stereocenters. The first-order valence-corrected chi connectivity index (χ1v) is 6.10. The molecule has 0 saturated carbocycles. The molecule has 16 heavy (non-hydrogen) atoms. The van der Waals surface area contributed by atoms with E-state index in [0.29, 0.717) is 0 Å². The third-order valence-corrected chi connectivity index (χ3v) is 3.46. The lowest BCUT2D eigenvalue weighted by Crippen LogP contribution is -2.19. The highest BCUT2D eigenvalue weighted by Gasteiger charge is 2.16. The predicted molar refractivity (Wildman–Crippen MR) is 66.7 cm³/mol. The number of nitrogens with zero attached hydrogens (tertiary/aromatic N) is 2. The second-order valence-electron chi connectivity index (χ2n) is 3.74. The molecule has 2 aromatic heterocycles. The van der Waals surface area contributed by atoms with Gasteiger partial charge in [0.15, 0.2) is 0 Å². The molecule has 0 saturated heterocycles. The summed E-state index contributed by atoms with van der Waals surface area (Å²) in [7, 11) is 1.95. The van der Waals surface area contributed by atoms with Gasteiger partial charge in [0.05, 0.1) is 23.6 Å². The van der Waals surface area contributed by atoms with Gasteiger partial charge in [-0.2, -0.15) is 0 Å². The lowest BCUT2D eigenvalue weighted by molar-refractivity contribution is 0.665. The molecule has 0 amide bonds. The van der Waals surface area contributed by atoms with Crippen molar-refractivity contribution in [2.75, 3.05) is 7.05 Å². The summed E-state index contributed by atoms with van der Waals surface area (Å²) >= 11 is 1.76. The van der Waals surface area contributed by atoms with E-state index < -0.39 is 0 Å². The predicted octanol–water partition coefficient (Wildman–Crippen LogP) is 2.46. The zero-order valence-electron chi connectivity index (χ0n) is 9.69. The molecule has 0 aromatic carbocycles. The van der Waals surface area contributed by atoms with Gasteiger partial charge in [-0.3, -0.25) is 9.97 Å². The highest BCUT2D eigenvalue weighted by Crippen LogP contribution is 2.26. The van der Waals surface area contributed by atoms with Crippen LogP contribution in [-0.4, -0.2) is 17.0 Å². The number of aromatic nitrogens is 2. The van der Waals surface area contributed by atoms with E-state index in [9.17, 15) is 0 Å². The molecule has 2 heterocycles. The molecule has 2 rings (SSSR count). The minimum Gasteiger partial charge on any atom is -0.308 e. The van der Waals surface area contributed by atoms with Crippen molar-refractivity contribution >= 4 is 11.3 Å². The van der Waals surface area contributed by atoms with Gasteiger partial charge in [0.2, 0.25) is 0 Å².